The highest BCUT2D eigenvalue weighted by molar-refractivity contribution is 6.29. The van der Waals surface area contributed by atoms with Gasteiger partial charge in [-0.1, -0.05) is 5.92 Å². The van der Waals surface area contributed by atoms with Gasteiger partial charge in [-0.15, -0.1) is 18.0 Å². The van der Waals surface area contributed by atoms with Crippen molar-refractivity contribution in [2.45, 2.75) is 13.8 Å². The minimum Gasteiger partial charge on any atom is -0.296 e. The molecule has 0 radical (unpaired) electrons. The molecule has 0 aliphatic rings. The smallest absolute Gasteiger partial charge is 0.242 e. The molecule has 16 heavy (non-hydrogen) atoms. The molecule has 0 aromatic carbocycles. The van der Waals surface area contributed by atoms with Gasteiger partial charge in [0, 0.05) is 0 Å². The van der Waals surface area contributed by atoms with Crippen molar-refractivity contribution in [3.8, 4) is 12.3 Å². The molecule has 1 rings (SSSR count). The number of amides is 1. The molecule has 1 aromatic heterocycles. The van der Waals surface area contributed by atoms with Gasteiger partial charge in [-0.2, -0.15) is 0 Å². The van der Waals surface area contributed by atoms with Crippen LogP contribution in [0.4, 0.5) is 5.69 Å². The Kier molecular flexibility index (Phi) is 4.27. The summed E-state index contributed by atoms with van der Waals surface area (Å²) in [6.07, 6.45) is 6.68. The third kappa shape index (κ3) is 2.50. The maximum absolute atomic E-state index is 11.6. The summed E-state index contributed by atoms with van der Waals surface area (Å²) in [7, 11) is 0. The number of nitrogens with zero attached hydrogens (tertiary/aromatic N) is 3. The van der Waals surface area contributed by atoms with Gasteiger partial charge >= 0.3 is 0 Å². The van der Waals surface area contributed by atoms with Crippen LogP contribution >= 0.6 is 11.6 Å². The maximum atomic E-state index is 11.6. The van der Waals surface area contributed by atoms with E-state index in [-0.39, 0.29) is 18.3 Å². The molecule has 0 unspecified atom stereocenters. The summed E-state index contributed by atoms with van der Waals surface area (Å²) in [6, 6.07) is 0. The summed E-state index contributed by atoms with van der Waals surface area (Å²) in [6.45, 7) is 3.77. The molecule has 1 amide bonds. The first-order valence-electron chi connectivity index (χ1n) is 4.69. The van der Waals surface area contributed by atoms with E-state index >= 15 is 0 Å². The summed E-state index contributed by atoms with van der Waals surface area (Å²) >= 11 is 5.54. The van der Waals surface area contributed by atoms with Gasteiger partial charge in [-0.3, -0.25) is 9.69 Å². The number of hydrogen-bond donors (Lipinski definition) is 0. The van der Waals surface area contributed by atoms with Crippen molar-refractivity contribution in [2.75, 3.05) is 17.3 Å². The van der Waals surface area contributed by atoms with Gasteiger partial charge in [0.25, 0.3) is 0 Å². The molecule has 1 aromatic rings. The molecule has 0 aliphatic carbocycles. The molecular formula is C11H12ClN3O. The van der Waals surface area contributed by atoms with Gasteiger partial charge in [0.2, 0.25) is 5.91 Å². The third-order valence-corrected chi connectivity index (χ3v) is 2.35. The van der Waals surface area contributed by atoms with Gasteiger partial charge in [0.1, 0.15) is 12.2 Å². The molecule has 5 heteroatoms. The number of carbonyl (C=O) groups is 1. The second-order valence-corrected chi connectivity index (χ2v) is 3.48. The van der Waals surface area contributed by atoms with Crippen LogP contribution in [0.3, 0.4) is 0 Å². The standard InChI is InChI=1S/C11H12ClN3O/c1-4-5-15(10(16)6-12)11-8(2)13-7-14-9(11)3/h1,7H,5-6H2,2-3H3. The Morgan fingerprint density at radius 3 is 2.50 bits per heavy atom. The Balaban J connectivity index is 3.21. The highest BCUT2D eigenvalue weighted by Crippen LogP contribution is 2.21. The molecule has 84 valence electrons. The van der Waals surface area contributed by atoms with E-state index < -0.39 is 0 Å². The molecule has 0 saturated carbocycles. The van der Waals surface area contributed by atoms with Gasteiger partial charge in [-0.25, -0.2) is 9.97 Å². The number of aromatic nitrogens is 2. The predicted octanol–water partition coefficient (Wildman–Crippen LogP) is 1.30. The lowest BCUT2D eigenvalue weighted by Gasteiger charge is -2.21. The minimum absolute atomic E-state index is 0.116. The quantitative estimate of drug-likeness (QED) is 0.588. The van der Waals surface area contributed by atoms with E-state index in [4.69, 9.17) is 18.0 Å². The predicted molar refractivity (Wildman–Crippen MR) is 63.4 cm³/mol. The van der Waals surface area contributed by atoms with Crippen molar-refractivity contribution in [1.29, 1.82) is 0 Å². The molecule has 0 N–H and O–H groups in total. The first-order chi connectivity index (χ1) is 7.61. The Bertz CT molecular complexity index is 419. The van der Waals surface area contributed by atoms with Gasteiger partial charge in [-0.05, 0) is 13.8 Å². The second kappa shape index (κ2) is 5.47. The summed E-state index contributed by atoms with van der Waals surface area (Å²) < 4.78 is 0. The van der Waals surface area contributed by atoms with E-state index in [1.54, 1.807) is 13.8 Å². The summed E-state index contributed by atoms with van der Waals surface area (Å²) in [5.41, 5.74) is 2.06. The average Bonchev–Trinajstić information content (AvgIpc) is 2.26. The van der Waals surface area contributed by atoms with E-state index in [0.29, 0.717) is 17.1 Å². The normalized spacial score (nSPS) is 9.62. The molecule has 0 fully saturated rings. The molecule has 0 atom stereocenters. The van der Waals surface area contributed by atoms with Crippen molar-refractivity contribution in [3.63, 3.8) is 0 Å². The van der Waals surface area contributed by atoms with Crippen LogP contribution in [0.5, 0.6) is 0 Å². The number of rotatable bonds is 3. The number of hydrogen-bond acceptors (Lipinski definition) is 3. The summed E-state index contributed by atoms with van der Waals surface area (Å²) in [5, 5.41) is 0. The van der Waals surface area contributed by atoms with Gasteiger partial charge in [0.15, 0.2) is 0 Å². The number of anilines is 1. The van der Waals surface area contributed by atoms with E-state index in [1.807, 2.05) is 0 Å². The van der Waals surface area contributed by atoms with Crippen LogP contribution in [0.2, 0.25) is 0 Å². The minimum atomic E-state index is -0.249. The number of halogens is 1. The number of terminal acetylenes is 1. The molecule has 0 saturated heterocycles. The monoisotopic (exact) mass is 237 g/mol. The van der Waals surface area contributed by atoms with Crippen LogP contribution in [0.15, 0.2) is 6.33 Å². The Morgan fingerprint density at radius 2 is 2.06 bits per heavy atom. The van der Waals surface area contributed by atoms with E-state index in [0.717, 1.165) is 0 Å². The van der Waals surface area contributed by atoms with Crippen LogP contribution in [-0.2, 0) is 4.79 Å². The number of carbonyl (C=O) groups excluding carboxylic acids is 1. The molecule has 1 heterocycles. The zero-order valence-corrected chi connectivity index (χ0v) is 9.95. The van der Waals surface area contributed by atoms with Gasteiger partial charge < -0.3 is 0 Å². The highest BCUT2D eigenvalue weighted by atomic mass is 35.5. The maximum Gasteiger partial charge on any atom is 0.242 e. The SMILES string of the molecule is C#CCN(C(=O)CCl)c1c(C)ncnc1C. The molecule has 0 aliphatic heterocycles. The summed E-state index contributed by atoms with van der Waals surface area (Å²) in [4.78, 5) is 21.2. The van der Waals surface area contributed by atoms with E-state index in [9.17, 15) is 4.79 Å². The highest BCUT2D eigenvalue weighted by Gasteiger charge is 2.18. The lowest BCUT2D eigenvalue weighted by Crippen LogP contribution is -2.33. The van der Waals surface area contributed by atoms with Crippen LogP contribution in [0.25, 0.3) is 0 Å². The average molecular weight is 238 g/mol. The van der Waals surface area contributed by atoms with Crippen LogP contribution in [0, 0.1) is 26.2 Å². The largest absolute Gasteiger partial charge is 0.296 e. The zero-order chi connectivity index (χ0) is 12.1. The van der Waals surface area contributed by atoms with Crippen LogP contribution in [0.1, 0.15) is 11.4 Å². The Hall–Kier alpha value is -1.60. The van der Waals surface area contributed by atoms with Crippen molar-refractivity contribution >= 4 is 23.2 Å². The number of alkyl halides is 1. The van der Waals surface area contributed by atoms with Crippen molar-refractivity contribution < 1.29 is 4.79 Å². The Morgan fingerprint density at radius 1 is 1.50 bits per heavy atom. The fourth-order valence-electron chi connectivity index (χ4n) is 1.43. The molecule has 0 spiro atoms. The molecule has 0 bridgehead atoms. The van der Waals surface area contributed by atoms with Crippen LogP contribution in [-0.4, -0.2) is 28.3 Å². The Labute approximate surface area is 99.6 Å². The summed E-state index contributed by atoms with van der Waals surface area (Å²) in [5.74, 6) is 2.06. The second-order valence-electron chi connectivity index (χ2n) is 3.21. The fraction of sp³-hybridized carbons (Fsp3) is 0.364. The van der Waals surface area contributed by atoms with E-state index in [2.05, 4.69) is 15.9 Å². The van der Waals surface area contributed by atoms with Crippen molar-refractivity contribution in [2.24, 2.45) is 0 Å². The van der Waals surface area contributed by atoms with E-state index in [1.165, 1.54) is 11.2 Å². The van der Waals surface area contributed by atoms with Crippen LogP contribution < -0.4 is 4.90 Å². The lowest BCUT2D eigenvalue weighted by molar-refractivity contribution is -0.116. The fourth-order valence-corrected chi connectivity index (χ4v) is 1.58. The lowest BCUT2D eigenvalue weighted by atomic mass is 10.2. The van der Waals surface area contributed by atoms with Crippen molar-refractivity contribution in [1.82, 2.24) is 9.97 Å². The molecular weight excluding hydrogens is 226 g/mol. The first-order valence-corrected chi connectivity index (χ1v) is 5.23. The third-order valence-electron chi connectivity index (χ3n) is 2.12. The van der Waals surface area contributed by atoms with Gasteiger partial charge in [0.05, 0.1) is 23.6 Å². The van der Waals surface area contributed by atoms with Crippen molar-refractivity contribution in [3.05, 3.63) is 17.7 Å². The zero-order valence-electron chi connectivity index (χ0n) is 9.20. The first kappa shape index (κ1) is 12.5. The molecule has 4 nitrogen and oxygen atoms in total. The topological polar surface area (TPSA) is 46.1 Å². The number of aryl methyl sites for hydroxylation is 2.